The van der Waals surface area contributed by atoms with E-state index in [-0.39, 0.29) is 11.5 Å². The van der Waals surface area contributed by atoms with E-state index in [1.165, 1.54) is 10.7 Å². The Labute approximate surface area is 124 Å². The van der Waals surface area contributed by atoms with Gasteiger partial charge in [-0.2, -0.15) is 17.4 Å². The van der Waals surface area contributed by atoms with Crippen molar-refractivity contribution < 1.29 is 8.42 Å². The molecular weight excluding hydrogens is 274 g/mol. The number of hydrogen-bond donors (Lipinski definition) is 2. The van der Waals surface area contributed by atoms with E-state index < -0.39 is 10.2 Å². The molecule has 0 aliphatic heterocycles. The first kappa shape index (κ1) is 17.9. The van der Waals surface area contributed by atoms with Crippen molar-refractivity contribution >= 4 is 10.2 Å². The lowest BCUT2D eigenvalue weighted by Gasteiger charge is -2.39. The monoisotopic (exact) mass is 305 g/mol. The van der Waals surface area contributed by atoms with Crippen molar-refractivity contribution in [3.63, 3.8) is 0 Å². The van der Waals surface area contributed by atoms with Gasteiger partial charge in [-0.1, -0.05) is 33.6 Å². The maximum absolute atomic E-state index is 12.3. The van der Waals surface area contributed by atoms with Crippen LogP contribution in [-0.4, -0.2) is 45.4 Å². The number of rotatable bonds is 8. The molecule has 20 heavy (non-hydrogen) atoms. The molecule has 1 fully saturated rings. The van der Waals surface area contributed by atoms with Gasteiger partial charge in [0.15, 0.2) is 0 Å². The standard InChI is InChI=1S/C14H31N3O2S/c1-5-15-11-8-12-17(4)20(18,19)16-13-9-6-7-10-14(13,2)3/h13,15-16H,5-12H2,1-4H3. The van der Waals surface area contributed by atoms with E-state index in [4.69, 9.17) is 0 Å². The minimum atomic E-state index is -3.36. The molecule has 0 aromatic carbocycles. The Hall–Kier alpha value is -0.170. The summed E-state index contributed by atoms with van der Waals surface area (Å²) in [6, 6.07) is 0.0532. The van der Waals surface area contributed by atoms with Gasteiger partial charge in [0.25, 0.3) is 10.2 Å². The molecule has 0 aromatic heterocycles. The van der Waals surface area contributed by atoms with E-state index in [0.717, 1.165) is 38.8 Å². The molecule has 0 bridgehead atoms. The third-order valence-corrected chi connectivity index (χ3v) is 5.87. The van der Waals surface area contributed by atoms with E-state index in [1.54, 1.807) is 7.05 Å². The first-order valence-electron chi connectivity index (χ1n) is 7.74. The lowest BCUT2D eigenvalue weighted by molar-refractivity contribution is 0.186. The zero-order valence-electron chi connectivity index (χ0n) is 13.4. The van der Waals surface area contributed by atoms with Crippen molar-refractivity contribution in [2.24, 2.45) is 5.41 Å². The highest BCUT2D eigenvalue weighted by atomic mass is 32.2. The lowest BCUT2D eigenvalue weighted by Crippen LogP contribution is -2.51. The predicted molar refractivity (Wildman–Crippen MR) is 83.9 cm³/mol. The van der Waals surface area contributed by atoms with Gasteiger partial charge in [0.1, 0.15) is 0 Å². The second kappa shape index (κ2) is 7.73. The van der Waals surface area contributed by atoms with Crippen LogP contribution in [0.15, 0.2) is 0 Å². The van der Waals surface area contributed by atoms with Crippen LogP contribution < -0.4 is 10.0 Å². The molecule has 1 rings (SSSR count). The Balaban J connectivity index is 2.51. The fourth-order valence-corrected chi connectivity index (χ4v) is 4.05. The number of nitrogens with one attached hydrogen (secondary N) is 2. The third-order valence-electron chi connectivity index (χ3n) is 4.29. The fourth-order valence-electron chi connectivity index (χ4n) is 2.71. The van der Waals surface area contributed by atoms with Crippen LogP contribution in [0.2, 0.25) is 0 Å². The van der Waals surface area contributed by atoms with Crippen molar-refractivity contribution in [2.75, 3.05) is 26.7 Å². The second-order valence-corrected chi connectivity index (χ2v) is 8.25. The molecule has 5 nitrogen and oxygen atoms in total. The molecule has 0 heterocycles. The third kappa shape index (κ3) is 5.31. The maximum Gasteiger partial charge on any atom is 0.279 e. The molecule has 0 saturated heterocycles. The predicted octanol–water partition coefficient (Wildman–Crippen LogP) is 1.72. The normalized spacial score (nSPS) is 23.1. The van der Waals surface area contributed by atoms with Gasteiger partial charge in [0, 0.05) is 19.6 Å². The summed E-state index contributed by atoms with van der Waals surface area (Å²) in [7, 11) is -1.71. The van der Waals surface area contributed by atoms with E-state index >= 15 is 0 Å². The van der Waals surface area contributed by atoms with Crippen LogP contribution in [0.4, 0.5) is 0 Å². The quantitative estimate of drug-likeness (QED) is 0.671. The average Bonchev–Trinajstić information content (AvgIpc) is 2.36. The summed E-state index contributed by atoms with van der Waals surface area (Å²) >= 11 is 0. The lowest BCUT2D eigenvalue weighted by atomic mass is 9.74. The highest BCUT2D eigenvalue weighted by Gasteiger charge is 2.35. The molecule has 1 aliphatic rings. The summed E-state index contributed by atoms with van der Waals surface area (Å²) in [5.74, 6) is 0. The van der Waals surface area contributed by atoms with Crippen molar-refractivity contribution in [2.45, 2.75) is 58.9 Å². The summed E-state index contributed by atoms with van der Waals surface area (Å²) in [6.45, 7) is 8.69. The van der Waals surface area contributed by atoms with Gasteiger partial charge >= 0.3 is 0 Å². The summed E-state index contributed by atoms with van der Waals surface area (Å²) in [5.41, 5.74) is 0.0515. The smallest absolute Gasteiger partial charge is 0.279 e. The largest absolute Gasteiger partial charge is 0.317 e. The number of nitrogens with zero attached hydrogens (tertiary/aromatic N) is 1. The minimum absolute atomic E-state index is 0.0515. The molecule has 0 amide bonds. The van der Waals surface area contributed by atoms with Gasteiger partial charge in [0.2, 0.25) is 0 Å². The van der Waals surface area contributed by atoms with Crippen LogP contribution in [0.25, 0.3) is 0 Å². The van der Waals surface area contributed by atoms with Crippen LogP contribution in [0.1, 0.15) is 52.9 Å². The van der Waals surface area contributed by atoms with Crippen LogP contribution >= 0.6 is 0 Å². The maximum atomic E-state index is 12.3. The Morgan fingerprint density at radius 2 is 2.00 bits per heavy atom. The van der Waals surface area contributed by atoms with Crippen molar-refractivity contribution in [3.8, 4) is 0 Å². The van der Waals surface area contributed by atoms with Crippen LogP contribution in [0, 0.1) is 5.41 Å². The topological polar surface area (TPSA) is 61.4 Å². The van der Waals surface area contributed by atoms with Gasteiger partial charge in [-0.15, -0.1) is 0 Å². The molecule has 6 heteroatoms. The van der Waals surface area contributed by atoms with Crippen molar-refractivity contribution in [1.29, 1.82) is 0 Å². The van der Waals surface area contributed by atoms with Crippen molar-refractivity contribution in [3.05, 3.63) is 0 Å². The number of hydrogen-bond acceptors (Lipinski definition) is 3. The van der Waals surface area contributed by atoms with Gasteiger partial charge in [-0.05, 0) is 37.8 Å². The van der Waals surface area contributed by atoms with Gasteiger partial charge in [-0.25, -0.2) is 0 Å². The van der Waals surface area contributed by atoms with E-state index in [1.807, 2.05) is 6.92 Å². The SMILES string of the molecule is CCNCCCN(C)S(=O)(=O)NC1CCCCC1(C)C. The molecule has 0 radical (unpaired) electrons. The molecule has 1 aliphatic carbocycles. The molecule has 1 saturated carbocycles. The van der Waals surface area contributed by atoms with E-state index in [0.29, 0.717) is 6.54 Å². The van der Waals surface area contributed by atoms with Gasteiger partial charge in [0.05, 0.1) is 0 Å². The minimum Gasteiger partial charge on any atom is -0.317 e. The van der Waals surface area contributed by atoms with Crippen molar-refractivity contribution in [1.82, 2.24) is 14.3 Å². The Kier molecular flexibility index (Phi) is 6.91. The highest BCUT2D eigenvalue weighted by Crippen LogP contribution is 2.35. The summed E-state index contributed by atoms with van der Waals surface area (Å²) < 4.78 is 29.0. The Morgan fingerprint density at radius 1 is 1.30 bits per heavy atom. The van der Waals surface area contributed by atoms with Crippen LogP contribution in [0.5, 0.6) is 0 Å². The fraction of sp³-hybridized carbons (Fsp3) is 1.00. The zero-order valence-corrected chi connectivity index (χ0v) is 14.2. The van der Waals surface area contributed by atoms with Gasteiger partial charge in [-0.3, -0.25) is 0 Å². The van der Waals surface area contributed by atoms with Gasteiger partial charge < -0.3 is 5.32 Å². The molecule has 1 unspecified atom stereocenters. The molecule has 0 spiro atoms. The Bertz CT molecular complexity index is 382. The molecule has 2 N–H and O–H groups in total. The van der Waals surface area contributed by atoms with E-state index in [9.17, 15) is 8.42 Å². The summed E-state index contributed by atoms with van der Waals surface area (Å²) in [4.78, 5) is 0. The first-order valence-corrected chi connectivity index (χ1v) is 9.18. The molecular formula is C14H31N3O2S. The van der Waals surface area contributed by atoms with Crippen LogP contribution in [-0.2, 0) is 10.2 Å². The molecule has 1 atom stereocenters. The highest BCUT2D eigenvalue weighted by molar-refractivity contribution is 7.87. The first-order chi connectivity index (χ1) is 9.29. The Morgan fingerprint density at radius 3 is 2.60 bits per heavy atom. The van der Waals surface area contributed by atoms with Crippen LogP contribution in [0.3, 0.4) is 0 Å². The summed E-state index contributed by atoms with van der Waals surface area (Å²) in [5, 5.41) is 3.21. The molecule has 120 valence electrons. The average molecular weight is 305 g/mol. The molecule has 0 aromatic rings. The zero-order chi connectivity index (χ0) is 15.2. The second-order valence-electron chi connectivity index (χ2n) is 6.44. The van der Waals surface area contributed by atoms with E-state index in [2.05, 4.69) is 23.9 Å². The summed E-state index contributed by atoms with van der Waals surface area (Å²) in [6.07, 6.45) is 5.17.